The number of halogens is 1. The maximum Gasteiger partial charge on any atom is 0.124 e. The number of benzene rings is 3. The molecule has 0 aliphatic rings. The molecule has 1 aromatic heterocycles. The number of hydrogen-bond acceptors (Lipinski definition) is 4. The summed E-state index contributed by atoms with van der Waals surface area (Å²) in [5.74, 6) is 1.47. The van der Waals surface area contributed by atoms with Crippen molar-refractivity contribution in [3.05, 3.63) is 78.9 Å². The summed E-state index contributed by atoms with van der Waals surface area (Å²) in [6.45, 7) is 0. The van der Waals surface area contributed by atoms with Crippen LogP contribution in [-0.2, 0) is 0 Å². The summed E-state index contributed by atoms with van der Waals surface area (Å²) in [6, 6.07) is 26.1. The Balaban J connectivity index is 0.00000225. The minimum Gasteiger partial charge on any atom is -0.497 e. The van der Waals surface area contributed by atoms with Crippen molar-refractivity contribution in [2.75, 3.05) is 19.5 Å². The topological polar surface area (TPSA) is 43.4 Å². The van der Waals surface area contributed by atoms with Gasteiger partial charge < -0.3 is 14.8 Å². The van der Waals surface area contributed by atoms with Crippen LogP contribution < -0.4 is 14.8 Å². The van der Waals surface area contributed by atoms with Gasteiger partial charge in [-0.15, -0.1) is 12.4 Å². The molecule has 3 aromatic carbocycles. The molecule has 1 N–H and O–H groups in total. The highest BCUT2D eigenvalue weighted by Gasteiger charge is 2.09. The number of methoxy groups -OCH3 is 2. The number of ether oxygens (including phenoxy) is 2. The summed E-state index contributed by atoms with van der Waals surface area (Å²) < 4.78 is 10.8. The fourth-order valence-electron chi connectivity index (χ4n) is 3.07. The number of aromatic nitrogens is 1. The van der Waals surface area contributed by atoms with Gasteiger partial charge in [-0.2, -0.15) is 0 Å². The summed E-state index contributed by atoms with van der Waals surface area (Å²) in [6.07, 6.45) is 0. The van der Waals surface area contributed by atoms with Crippen LogP contribution in [0.4, 0.5) is 11.4 Å². The Kier molecular flexibility index (Phi) is 6.02. The Hall–Kier alpha value is -3.24. The third kappa shape index (κ3) is 4.02. The average molecular weight is 393 g/mol. The molecule has 1 heterocycles. The van der Waals surface area contributed by atoms with Gasteiger partial charge in [-0.25, -0.2) is 4.98 Å². The van der Waals surface area contributed by atoms with Gasteiger partial charge >= 0.3 is 0 Å². The average Bonchev–Trinajstić information content (AvgIpc) is 2.74. The van der Waals surface area contributed by atoms with Gasteiger partial charge in [-0.05, 0) is 12.1 Å². The molecule has 0 radical (unpaired) electrons. The van der Waals surface area contributed by atoms with Gasteiger partial charge in [0.25, 0.3) is 0 Å². The molecule has 4 aromatic rings. The van der Waals surface area contributed by atoms with Crippen molar-refractivity contribution in [1.29, 1.82) is 0 Å². The highest BCUT2D eigenvalue weighted by Crippen LogP contribution is 2.33. The zero-order valence-electron chi connectivity index (χ0n) is 15.7. The standard InChI is InChI=1S/C23H20N2O2.ClH/c1-26-18-12-17(13-19(14-18)27-2)24-23-15-22(16-8-4-3-5-9-16)25-21-11-7-6-10-20(21)23;/h3-15H,1-2H3,(H,24,25);1H. The van der Waals surface area contributed by atoms with Crippen molar-refractivity contribution >= 4 is 34.7 Å². The van der Waals surface area contributed by atoms with E-state index in [2.05, 4.69) is 29.6 Å². The number of anilines is 2. The second kappa shape index (κ2) is 8.63. The van der Waals surface area contributed by atoms with Crippen LogP contribution in [-0.4, -0.2) is 19.2 Å². The van der Waals surface area contributed by atoms with Crippen molar-refractivity contribution in [3.63, 3.8) is 0 Å². The Morgan fingerprint density at radius 2 is 1.39 bits per heavy atom. The molecule has 0 bridgehead atoms. The molecule has 0 unspecified atom stereocenters. The number of para-hydroxylation sites is 1. The third-order valence-electron chi connectivity index (χ3n) is 4.42. The molecule has 0 spiro atoms. The molecule has 0 aliphatic heterocycles. The molecule has 28 heavy (non-hydrogen) atoms. The van der Waals surface area contributed by atoms with E-state index in [1.54, 1.807) is 14.2 Å². The second-order valence-corrected chi connectivity index (χ2v) is 6.16. The number of rotatable bonds is 5. The van der Waals surface area contributed by atoms with Crippen LogP contribution in [0.3, 0.4) is 0 Å². The third-order valence-corrected chi connectivity index (χ3v) is 4.42. The predicted octanol–water partition coefficient (Wildman–Crippen LogP) is 6.08. The Morgan fingerprint density at radius 3 is 2.07 bits per heavy atom. The van der Waals surface area contributed by atoms with E-state index in [9.17, 15) is 0 Å². The van der Waals surface area contributed by atoms with E-state index in [0.717, 1.165) is 45.0 Å². The van der Waals surface area contributed by atoms with E-state index < -0.39 is 0 Å². The molecule has 4 rings (SSSR count). The van der Waals surface area contributed by atoms with Crippen molar-refractivity contribution in [3.8, 4) is 22.8 Å². The van der Waals surface area contributed by atoms with E-state index in [-0.39, 0.29) is 12.4 Å². The lowest BCUT2D eigenvalue weighted by Crippen LogP contribution is -1.96. The number of pyridine rings is 1. The molecule has 0 saturated carbocycles. The van der Waals surface area contributed by atoms with E-state index in [1.807, 2.05) is 54.6 Å². The fraction of sp³-hybridized carbons (Fsp3) is 0.0870. The molecule has 0 saturated heterocycles. The molecule has 0 fully saturated rings. The second-order valence-electron chi connectivity index (χ2n) is 6.16. The largest absolute Gasteiger partial charge is 0.497 e. The Bertz CT molecular complexity index is 1060. The first-order valence-corrected chi connectivity index (χ1v) is 8.72. The van der Waals surface area contributed by atoms with E-state index in [0.29, 0.717) is 0 Å². The zero-order chi connectivity index (χ0) is 18.6. The Morgan fingerprint density at radius 1 is 0.750 bits per heavy atom. The zero-order valence-corrected chi connectivity index (χ0v) is 16.5. The number of nitrogens with one attached hydrogen (secondary N) is 1. The van der Waals surface area contributed by atoms with Gasteiger partial charge in [0.2, 0.25) is 0 Å². The monoisotopic (exact) mass is 392 g/mol. The summed E-state index contributed by atoms with van der Waals surface area (Å²) in [5.41, 5.74) is 4.81. The quantitative estimate of drug-likeness (QED) is 0.446. The van der Waals surface area contributed by atoms with Gasteiger partial charge in [-0.1, -0.05) is 48.5 Å². The number of hydrogen-bond donors (Lipinski definition) is 1. The SMILES string of the molecule is COc1cc(Nc2cc(-c3ccccc3)nc3ccccc23)cc(OC)c1.Cl. The lowest BCUT2D eigenvalue weighted by atomic mass is 10.1. The lowest BCUT2D eigenvalue weighted by molar-refractivity contribution is 0.395. The van der Waals surface area contributed by atoms with Crippen LogP contribution in [0, 0.1) is 0 Å². The summed E-state index contributed by atoms with van der Waals surface area (Å²) in [7, 11) is 3.29. The summed E-state index contributed by atoms with van der Waals surface area (Å²) in [4.78, 5) is 4.83. The van der Waals surface area contributed by atoms with Crippen LogP contribution in [0.15, 0.2) is 78.9 Å². The minimum atomic E-state index is 0. The first-order valence-electron chi connectivity index (χ1n) is 8.72. The molecule has 142 valence electrons. The molecule has 0 aliphatic carbocycles. The number of nitrogens with zero attached hydrogens (tertiary/aromatic N) is 1. The maximum absolute atomic E-state index is 5.38. The molecule has 5 heteroatoms. The molecule has 0 atom stereocenters. The van der Waals surface area contributed by atoms with Gasteiger partial charge in [0.05, 0.1) is 31.1 Å². The van der Waals surface area contributed by atoms with Crippen LogP contribution in [0.1, 0.15) is 0 Å². The summed E-state index contributed by atoms with van der Waals surface area (Å²) >= 11 is 0. The van der Waals surface area contributed by atoms with Gasteiger partial charge in [0, 0.05) is 34.8 Å². The minimum absolute atomic E-state index is 0. The first kappa shape index (κ1) is 19.5. The summed E-state index contributed by atoms with van der Waals surface area (Å²) in [5, 5.41) is 4.56. The van der Waals surface area contributed by atoms with Gasteiger partial charge in [0.15, 0.2) is 0 Å². The molecule has 0 amide bonds. The Labute approximate surface area is 170 Å². The van der Waals surface area contributed by atoms with Crippen molar-refractivity contribution < 1.29 is 9.47 Å². The van der Waals surface area contributed by atoms with Crippen LogP contribution in [0.25, 0.3) is 22.2 Å². The van der Waals surface area contributed by atoms with Gasteiger partial charge in [-0.3, -0.25) is 0 Å². The molecular formula is C23H21ClN2O2. The number of fused-ring (bicyclic) bond motifs is 1. The van der Waals surface area contributed by atoms with Crippen molar-refractivity contribution in [1.82, 2.24) is 4.98 Å². The highest BCUT2D eigenvalue weighted by atomic mass is 35.5. The molecule has 4 nitrogen and oxygen atoms in total. The smallest absolute Gasteiger partial charge is 0.124 e. The predicted molar refractivity (Wildman–Crippen MR) is 117 cm³/mol. The van der Waals surface area contributed by atoms with Crippen molar-refractivity contribution in [2.24, 2.45) is 0 Å². The van der Waals surface area contributed by atoms with Gasteiger partial charge in [0.1, 0.15) is 11.5 Å². The van der Waals surface area contributed by atoms with Crippen LogP contribution in [0.5, 0.6) is 11.5 Å². The van der Waals surface area contributed by atoms with E-state index in [1.165, 1.54) is 0 Å². The lowest BCUT2D eigenvalue weighted by Gasteiger charge is -2.14. The normalized spacial score (nSPS) is 10.2. The molecular weight excluding hydrogens is 372 g/mol. The van der Waals surface area contributed by atoms with E-state index in [4.69, 9.17) is 14.5 Å². The fourth-order valence-corrected chi connectivity index (χ4v) is 3.07. The van der Waals surface area contributed by atoms with Crippen LogP contribution >= 0.6 is 12.4 Å². The maximum atomic E-state index is 5.38. The highest BCUT2D eigenvalue weighted by molar-refractivity contribution is 5.95. The van der Waals surface area contributed by atoms with Crippen LogP contribution in [0.2, 0.25) is 0 Å². The van der Waals surface area contributed by atoms with E-state index >= 15 is 0 Å². The van der Waals surface area contributed by atoms with Crippen molar-refractivity contribution in [2.45, 2.75) is 0 Å². The first-order chi connectivity index (χ1) is 13.3.